The predicted molar refractivity (Wildman–Crippen MR) is 214 cm³/mol. The van der Waals surface area contributed by atoms with Crippen LogP contribution in [0.4, 0.5) is 11.4 Å². The lowest BCUT2D eigenvalue weighted by molar-refractivity contribution is 0.596. The van der Waals surface area contributed by atoms with Crippen LogP contribution < -0.4 is 4.90 Å². The number of aromatic nitrogens is 1. The van der Waals surface area contributed by atoms with E-state index in [-0.39, 0.29) is 12.0 Å². The van der Waals surface area contributed by atoms with Crippen LogP contribution >= 0.6 is 0 Å². The molecule has 9 aromatic rings. The second-order valence-corrected chi connectivity index (χ2v) is 14.3. The number of nitrogens with zero attached hydrogens (tertiary/aromatic N) is 2. The number of benzene rings is 6. The fourth-order valence-corrected chi connectivity index (χ4v) is 9.32. The van der Waals surface area contributed by atoms with E-state index in [4.69, 9.17) is 8.83 Å². The summed E-state index contributed by atoms with van der Waals surface area (Å²) in [5.41, 5.74) is 13.5. The van der Waals surface area contributed by atoms with Gasteiger partial charge in [0.25, 0.3) is 0 Å². The average molecular weight is 669 g/mol. The number of allylic oxidation sites excluding steroid dienone is 3. The summed E-state index contributed by atoms with van der Waals surface area (Å²) < 4.78 is 15.8. The highest BCUT2D eigenvalue weighted by Crippen LogP contribution is 2.52. The quantitative estimate of drug-likeness (QED) is 0.188. The number of hydrogen-bond donors (Lipinski definition) is 0. The first-order chi connectivity index (χ1) is 25.8. The van der Waals surface area contributed by atoms with E-state index in [0.717, 1.165) is 68.6 Å². The molecule has 4 nitrogen and oxygen atoms in total. The summed E-state index contributed by atoms with van der Waals surface area (Å²) in [6, 6.07) is 44.2. The Morgan fingerprint density at radius 2 is 1.37 bits per heavy atom. The van der Waals surface area contributed by atoms with Gasteiger partial charge in [0.1, 0.15) is 16.9 Å². The van der Waals surface area contributed by atoms with Gasteiger partial charge in [-0.1, -0.05) is 103 Å². The van der Waals surface area contributed by atoms with Crippen LogP contribution in [0.25, 0.3) is 77.6 Å². The van der Waals surface area contributed by atoms with Crippen molar-refractivity contribution in [3.8, 4) is 16.8 Å². The highest BCUT2D eigenvalue weighted by atomic mass is 16.3. The number of hydrogen-bond acceptors (Lipinski definition) is 3. The van der Waals surface area contributed by atoms with Crippen LogP contribution in [-0.4, -0.2) is 10.6 Å². The normalized spacial score (nSPS) is 17.6. The minimum Gasteiger partial charge on any atom is -0.456 e. The van der Waals surface area contributed by atoms with Gasteiger partial charge in [0.15, 0.2) is 5.58 Å². The zero-order valence-electron chi connectivity index (χ0n) is 28.3. The molecule has 0 amide bonds. The monoisotopic (exact) mass is 668 g/mol. The van der Waals surface area contributed by atoms with Gasteiger partial charge in [0.2, 0.25) is 0 Å². The number of para-hydroxylation sites is 4. The molecule has 2 unspecified atom stereocenters. The zero-order chi connectivity index (χ0) is 33.9. The van der Waals surface area contributed by atoms with Gasteiger partial charge in [-0.3, -0.25) is 0 Å². The van der Waals surface area contributed by atoms with Gasteiger partial charge in [0.05, 0.1) is 22.8 Å². The Morgan fingerprint density at radius 3 is 2.23 bits per heavy atom. The molecule has 0 N–H and O–H groups in total. The van der Waals surface area contributed by atoms with Gasteiger partial charge in [-0.05, 0) is 78.6 Å². The van der Waals surface area contributed by atoms with E-state index in [1.807, 2.05) is 6.07 Å². The molecular weight excluding hydrogens is 637 g/mol. The lowest BCUT2D eigenvalue weighted by Crippen LogP contribution is -2.28. The van der Waals surface area contributed by atoms with Crippen molar-refractivity contribution in [1.29, 1.82) is 0 Å². The summed E-state index contributed by atoms with van der Waals surface area (Å²) >= 11 is 0. The summed E-state index contributed by atoms with van der Waals surface area (Å²) in [7, 11) is 0. The molecule has 12 rings (SSSR count). The first kappa shape index (κ1) is 28.2. The fourth-order valence-electron chi connectivity index (χ4n) is 9.32. The fraction of sp³-hybridized carbons (Fsp3) is 0.0833. The Labute approximate surface area is 299 Å². The van der Waals surface area contributed by atoms with Gasteiger partial charge >= 0.3 is 0 Å². The van der Waals surface area contributed by atoms with Crippen molar-refractivity contribution in [2.24, 2.45) is 0 Å². The first-order valence-corrected chi connectivity index (χ1v) is 18.2. The zero-order valence-corrected chi connectivity index (χ0v) is 28.3. The highest BCUT2D eigenvalue weighted by Gasteiger charge is 2.39. The summed E-state index contributed by atoms with van der Waals surface area (Å²) in [4.78, 5) is 2.48. The first-order valence-electron chi connectivity index (χ1n) is 18.2. The Hall–Kier alpha value is -6.52. The second kappa shape index (κ2) is 10.5. The molecule has 0 saturated carbocycles. The maximum Gasteiger partial charge on any atom is 0.159 e. The van der Waals surface area contributed by atoms with Crippen LogP contribution in [0, 0.1) is 0 Å². The largest absolute Gasteiger partial charge is 0.456 e. The van der Waals surface area contributed by atoms with Gasteiger partial charge < -0.3 is 18.3 Å². The molecule has 2 aliphatic carbocycles. The average Bonchev–Trinajstić information content (AvgIpc) is 3.95. The Balaban J connectivity index is 1.09. The summed E-state index contributed by atoms with van der Waals surface area (Å²) in [6.07, 6.45) is 15.4. The molecule has 0 saturated heterocycles. The summed E-state index contributed by atoms with van der Waals surface area (Å²) in [5.74, 6) is 1.18. The maximum atomic E-state index is 6.77. The number of furan rings is 2. The smallest absolute Gasteiger partial charge is 0.159 e. The minimum absolute atomic E-state index is 0.138. The standard InChI is InChI=1S/C48H32N2O2/c1-6-18-40-31(12-1)32-13-2-7-19-41(32)49(40)30-27-37(47-39(28-30)35-16-5-10-23-46(35)51-47)29-24-25-43-38(26-29)33-14-3-8-20-42(33)50(43)44-21-11-17-36-34-15-4-9-22-45(34)52-48(36)44/h1-4,6-15,17-28,33,42H,5,16H2. The van der Waals surface area contributed by atoms with Gasteiger partial charge in [-0.15, -0.1) is 0 Å². The molecule has 0 bridgehead atoms. The van der Waals surface area contributed by atoms with Crippen molar-refractivity contribution >= 4 is 72.2 Å². The van der Waals surface area contributed by atoms with Gasteiger partial charge in [-0.2, -0.15) is 0 Å². The topological polar surface area (TPSA) is 34.5 Å². The number of aryl methyl sites for hydroxylation is 1. The summed E-state index contributed by atoms with van der Waals surface area (Å²) in [5, 5.41) is 6.01. The third kappa shape index (κ3) is 3.81. The van der Waals surface area contributed by atoms with E-state index in [1.165, 1.54) is 44.0 Å². The van der Waals surface area contributed by atoms with Crippen molar-refractivity contribution in [2.45, 2.75) is 24.8 Å². The molecule has 1 aliphatic heterocycles. The number of fused-ring (bicyclic) bond motifs is 12. The van der Waals surface area contributed by atoms with E-state index < -0.39 is 0 Å². The Morgan fingerprint density at radius 1 is 0.596 bits per heavy atom. The second-order valence-electron chi connectivity index (χ2n) is 14.3. The molecule has 6 aromatic carbocycles. The van der Waals surface area contributed by atoms with Crippen LogP contribution in [0.15, 0.2) is 161 Å². The predicted octanol–water partition coefficient (Wildman–Crippen LogP) is 12.8. The molecule has 0 radical (unpaired) electrons. The molecule has 3 aromatic heterocycles. The number of anilines is 2. The summed E-state index contributed by atoms with van der Waals surface area (Å²) in [6.45, 7) is 0. The van der Waals surface area contributed by atoms with Crippen molar-refractivity contribution in [3.05, 3.63) is 169 Å². The Kier molecular flexibility index (Phi) is 5.70. The van der Waals surface area contributed by atoms with Crippen LogP contribution in [0.1, 0.15) is 29.2 Å². The van der Waals surface area contributed by atoms with Gasteiger partial charge in [-0.25, -0.2) is 0 Å². The molecule has 2 atom stereocenters. The van der Waals surface area contributed by atoms with Crippen molar-refractivity contribution in [2.75, 3.05) is 4.90 Å². The SMILES string of the molecule is C1=CC2c3cc(-c4cc(-n5c6ccccc6c6ccccc65)cc5c6c(oc45)C=CCC6)ccc3N(c3cccc4c3oc3ccccc34)C2C=C1. The van der Waals surface area contributed by atoms with Crippen molar-refractivity contribution in [1.82, 2.24) is 4.57 Å². The van der Waals surface area contributed by atoms with E-state index in [1.54, 1.807) is 0 Å². The highest BCUT2D eigenvalue weighted by molar-refractivity contribution is 6.11. The van der Waals surface area contributed by atoms with E-state index in [2.05, 4.69) is 161 Å². The van der Waals surface area contributed by atoms with Gasteiger partial charge in [0, 0.05) is 55.4 Å². The molecule has 4 heteroatoms. The van der Waals surface area contributed by atoms with E-state index >= 15 is 0 Å². The third-order valence-electron chi connectivity index (χ3n) is 11.6. The molecule has 0 fully saturated rings. The molecule has 246 valence electrons. The molecule has 52 heavy (non-hydrogen) atoms. The van der Waals surface area contributed by atoms with Crippen molar-refractivity contribution in [3.63, 3.8) is 0 Å². The minimum atomic E-state index is 0.138. The lowest BCUT2D eigenvalue weighted by atomic mass is 9.89. The number of rotatable bonds is 3. The van der Waals surface area contributed by atoms with Crippen LogP contribution in [0.5, 0.6) is 0 Å². The van der Waals surface area contributed by atoms with E-state index in [0.29, 0.717) is 0 Å². The van der Waals surface area contributed by atoms with Crippen molar-refractivity contribution < 1.29 is 8.83 Å². The molecule has 4 heterocycles. The van der Waals surface area contributed by atoms with Crippen LogP contribution in [-0.2, 0) is 6.42 Å². The molecule has 3 aliphatic rings. The maximum absolute atomic E-state index is 6.77. The molecular formula is C48H32N2O2. The third-order valence-corrected chi connectivity index (χ3v) is 11.6. The Bertz CT molecular complexity index is 3000. The van der Waals surface area contributed by atoms with Crippen LogP contribution in [0.2, 0.25) is 0 Å². The van der Waals surface area contributed by atoms with Crippen LogP contribution in [0.3, 0.4) is 0 Å². The lowest BCUT2D eigenvalue weighted by Gasteiger charge is -2.28. The van der Waals surface area contributed by atoms with E-state index in [9.17, 15) is 0 Å². The molecule has 0 spiro atoms.